The number of aromatic hydroxyl groups is 1. The molecule has 5 aromatic rings. The molecule has 0 fully saturated rings. The number of phenols is 1. The minimum absolute atomic E-state index is 0.176. The highest BCUT2D eigenvalue weighted by Crippen LogP contribution is 2.31. The average molecular weight is 428 g/mol. The molecule has 0 spiro atoms. The smallest absolute Gasteiger partial charge is 0.162 e. The minimum Gasteiger partial charge on any atom is -0.508 e. The van der Waals surface area contributed by atoms with Gasteiger partial charge in [-0.25, -0.2) is 9.97 Å². The Hall–Kier alpha value is -4.51. The van der Waals surface area contributed by atoms with Crippen LogP contribution in [0.5, 0.6) is 5.75 Å². The number of phenolic OH excluding ortho intramolecular Hbond substituents is 1. The summed E-state index contributed by atoms with van der Waals surface area (Å²) < 4.78 is 0. The fourth-order valence-electron chi connectivity index (χ4n) is 4.10. The van der Waals surface area contributed by atoms with Crippen molar-refractivity contribution in [2.24, 2.45) is 4.99 Å². The summed E-state index contributed by atoms with van der Waals surface area (Å²) in [6.45, 7) is 0.725. The van der Waals surface area contributed by atoms with Gasteiger partial charge in [-0.15, -0.1) is 0 Å². The van der Waals surface area contributed by atoms with Gasteiger partial charge in [0.1, 0.15) is 11.6 Å². The van der Waals surface area contributed by atoms with Crippen LogP contribution in [0, 0.1) is 0 Å². The third-order valence-electron chi connectivity index (χ3n) is 5.83. The van der Waals surface area contributed by atoms with Crippen LogP contribution in [0.4, 0.5) is 11.5 Å². The van der Waals surface area contributed by atoms with Gasteiger partial charge in [0, 0.05) is 22.9 Å². The summed E-state index contributed by atoms with van der Waals surface area (Å²) >= 11 is 0. The van der Waals surface area contributed by atoms with Crippen LogP contribution in [0.15, 0.2) is 96.0 Å². The van der Waals surface area contributed by atoms with Gasteiger partial charge in [-0.1, -0.05) is 60.7 Å². The number of nitrogens with zero attached hydrogens (tertiary/aromatic N) is 3. The van der Waals surface area contributed by atoms with Gasteiger partial charge >= 0.3 is 0 Å². The predicted octanol–water partition coefficient (Wildman–Crippen LogP) is 6.35. The maximum absolute atomic E-state index is 10.1. The van der Waals surface area contributed by atoms with E-state index in [2.05, 4.69) is 46.7 Å². The van der Waals surface area contributed by atoms with E-state index in [1.54, 1.807) is 12.1 Å². The number of fused-ring (bicyclic) bond motifs is 2. The number of aromatic nitrogens is 2. The maximum Gasteiger partial charge on any atom is 0.162 e. The predicted molar refractivity (Wildman–Crippen MR) is 133 cm³/mol. The Morgan fingerprint density at radius 3 is 2.36 bits per heavy atom. The van der Waals surface area contributed by atoms with Crippen molar-refractivity contribution in [1.29, 1.82) is 0 Å². The number of nitrogens with one attached hydrogen (secondary N) is 1. The monoisotopic (exact) mass is 428 g/mol. The van der Waals surface area contributed by atoms with Gasteiger partial charge in [-0.3, -0.25) is 4.99 Å². The van der Waals surface area contributed by atoms with Crippen molar-refractivity contribution in [3.8, 4) is 28.3 Å². The normalized spacial score (nSPS) is 12.1. The van der Waals surface area contributed by atoms with E-state index in [0.29, 0.717) is 11.6 Å². The summed E-state index contributed by atoms with van der Waals surface area (Å²) in [7, 11) is 0. The minimum atomic E-state index is 0.176. The molecular formula is C28H20N4O. The van der Waals surface area contributed by atoms with Gasteiger partial charge < -0.3 is 10.4 Å². The van der Waals surface area contributed by atoms with Crippen LogP contribution in [-0.4, -0.2) is 21.3 Å². The second kappa shape index (κ2) is 7.88. The van der Waals surface area contributed by atoms with Crippen LogP contribution in [0.1, 0.15) is 11.1 Å². The van der Waals surface area contributed by atoms with Crippen LogP contribution in [0.2, 0.25) is 0 Å². The molecule has 0 saturated heterocycles. The van der Waals surface area contributed by atoms with Crippen LogP contribution < -0.4 is 5.32 Å². The highest BCUT2D eigenvalue weighted by Gasteiger charge is 2.13. The van der Waals surface area contributed by atoms with Crippen LogP contribution >= 0.6 is 0 Å². The molecule has 1 aromatic heterocycles. The van der Waals surface area contributed by atoms with E-state index >= 15 is 0 Å². The SMILES string of the molecule is Oc1ccc2nc(-c3ccc(-c4ccccc4)cc3)nc(Nc3ccc4c(c3)C=NC4)c2c1. The third kappa shape index (κ3) is 3.70. The number of hydrogen-bond acceptors (Lipinski definition) is 5. The van der Waals surface area contributed by atoms with E-state index in [1.165, 1.54) is 11.1 Å². The lowest BCUT2D eigenvalue weighted by Gasteiger charge is -2.12. The first kappa shape index (κ1) is 19.2. The van der Waals surface area contributed by atoms with Crippen molar-refractivity contribution in [3.63, 3.8) is 0 Å². The molecule has 5 heteroatoms. The van der Waals surface area contributed by atoms with E-state index in [9.17, 15) is 5.11 Å². The Bertz CT molecular complexity index is 1510. The maximum atomic E-state index is 10.1. The van der Waals surface area contributed by atoms with Crippen LogP contribution in [0.3, 0.4) is 0 Å². The largest absolute Gasteiger partial charge is 0.508 e. The first-order valence-corrected chi connectivity index (χ1v) is 10.8. The molecule has 1 aliphatic heterocycles. The summed E-state index contributed by atoms with van der Waals surface area (Å²) in [6, 6.07) is 29.8. The molecule has 0 unspecified atom stereocenters. The lowest BCUT2D eigenvalue weighted by atomic mass is 10.0. The van der Waals surface area contributed by atoms with Crippen molar-refractivity contribution in [2.45, 2.75) is 6.54 Å². The lowest BCUT2D eigenvalue weighted by molar-refractivity contribution is 0.476. The molecule has 33 heavy (non-hydrogen) atoms. The van der Waals surface area contributed by atoms with E-state index in [1.807, 2.05) is 48.7 Å². The molecule has 6 rings (SSSR count). The van der Waals surface area contributed by atoms with Crippen molar-refractivity contribution in [3.05, 3.63) is 102 Å². The zero-order chi connectivity index (χ0) is 22.2. The highest BCUT2D eigenvalue weighted by molar-refractivity contribution is 5.94. The molecule has 0 atom stereocenters. The van der Waals surface area contributed by atoms with Gasteiger partial charge in [0.05, 0.1) is 12.1 Å². The molecule has 0 radical (unpaired) electrons. The third-order valence-corrected chi connectivity index (χ3v) is 5.83. The summed E-state index contributed by atoms with van der Waals surface area (Å²) in [5.74, 6) is 1.45. The first-order chi connectivity index (χ1) is 16.2. The highest BCUT2D eigenvalue weighted by atomic mass is 16.3. The molecule has 0 saturated carbocycles. The molecular weight excluding hydrogens is 408 g/mol. The van der Waals surface area contributed by atoms with Crippen LogP contribution in [-0.2, 0) is 6.54 Å². The van der Waals surface area contributed by atoms with E-state index < -0.39 is 0 Å². The molecule has 0 bridgehead atoms. The summed E-state index contributed by atoms with van der Waals surface area (Å²) in [4.78, 5) is 13.9. The number of benzene rings is 4. The van der Waals surface area contributed by atoms with Gasteiger partial charge in [0.2, 0.25) is 0 Å². The Morgan fingerprint density at radius 2 is 1.52 bits per heavy atom. The summed E-state index contributed by atoms with van der Waals surface area (Å²) in [5, 5.41) is 14.3. The fraction of sp³-hybridized carbons (Fsp3) is 0.0357. The number of anilines is 2. The average Bonchev–Trinajstić information content (AvgIpc) is 3.33. The van der Waals surface area contributed by atoms with Crippen molar-refractivity contribution in [2.75, 3.05) is 5.32 Å². The van der Waals surface area contributed by atoms with Gasteiger partial charge in [-0.05, 0) is 52.6 Å². The molecule has 4 aromatic carbocycles. The molecule has 1 aliphatic rings. The molecule has 2 N–H and O–H groups in total. The Labute approximate surface area is 191 Å². The van der Waals surface area contributed by atoms with E-state index in [4.69, 9.17) is 9.97 Å². The number of aliphatic imine (C=N–C) groups is 1. The Balaban J connectivity index is 1.42. The summed E-state index contributed by atoms with van der Waals surface area (Å²) in [6.07, 6.45) is 1.89. The van der Waals surface area contributed by atoms with Crippen LogP contribution in [0.25, 0.3) is 33.4 Å². The molecule has 2 heterocycles. The molecule has 0 aliphatic carbocycles. The summed E-state index contributed by atoms with van der Waals surface area (Å²) in [5.41, 5.74) is 7.23. The van der Waals surface area contributed by atoms with Crippen molar-refractivity contribution < 1.29 is 5.11 Å². The number of hydrogen-bond donors (Lipinski definition) is 2. The standard InChI is InChI=1S/C28H20N4O/c33-24-12-13-26-25(15-24)28(30-23-11-10-21-16-29-17-22(21)14-23)32-27(31-26)20-8-6-19(7-9-20)18-4-2-1-3-5-18/h1-15,17,33H,16H2,(H,30,31,32). The molecule has 0 amide bonds. The topological polar surface area (TPSA) is 70.4 Å². The van der Waals surface area contributed by atoms with Gasteiger partial charge in [0.25, 0.3) is 0 Å². The first-order valence-electron chi connectivity index (χ1n) is 10.8. The quantitative estimate of drug-likeness (QED) is 0.350. The zero-order valence-corrected chi connectivity index (χ0v) is 17.7. The second-order valence-electron chi connectivity index (χ2n) is 8.05. The fourth-order valence-corrected chi connectivity index (χ4v) is 4.10. The Kier molecular flexibility index (Phi) is 4.58. The van der Waals surface area contributed by atoms with Crippen molar-refractivity contribution >= 4 is 28.6 Å². The van der Waals surface area contributed by atoms with Gasteiger partial charge in [0.15, 0.2) is 5.82 Å². The zero-order valence-electron chi connectivity index (χ0n) is 17.7. The number of rotatable bonds is 4. The van der Waals surface area contributed by atoms with E-state index in [-0.39, 0.29) is 5.75 Å². The van der Waals surface area contributed by atoms with Crippen molar-refractivity contribution in [1.82, 2.24) is 9.97 Å². The van der Waals surface area contributed by atoms with Gasteiger partial charge in [-0.2, -0.15) is 0 Å². The lowest BCUT2D eigenvalue weighted by Crippen LogP contribution is -2.00. The second-order valence-corrected chi connectivity index (χ2v) is 8.05. The molecule has 158 valence electrons. The van der Waals surface area contributed by atoms with E-state index in [0.717, 1.165) is 39.8 Å². The molecule has 5 nitrogen and oxygen atoms in total. The Morgan fingerprint density at radius 1 is 0.727 bits per heavy atom.